The Hall–Kier alpha value is -2.81. The largest absolute Gasteiger partial charge is 0.512 e. The van der Waals surface area contributed by atoms with Crippen molar-refractivity contribution in [2.24, 2.45) is 10.9 Å². The smallest absolute Gasteiger partial charge is 0.324 e. The number of hydrogen-bond acceptors (Lipinski definition) is 11. The lowest BCUT2D eigenvalue weighted by atomic mass is 9.97. The van der Waals surface area contributed by atoms with Crippen LogP contribution in [0, 0.1) is 5.92 Å². The fourth-order valence-corrected chi connectivity index (χ4v) is 4.60. The van der Waals surface area contributed by atoms with Crippen molar-refractivity contribution in [3.63, 3.8) is 0 Å². The highest BCUT2D eigenvalue weighted by atomic mass is 32.1. The molecule has 14 heteroatoms. The number of esters is 1. The molecule has 2 aliphatic rings. The van der Waals surface area contributed by atoms with Gasteiger partial charge in [0, 0.05) is 37.8 Å². The second-order valence-electron chi connectivity index (χ2n) is 10.5. The summed E-state index contributed by atoms with van der Waals surface area (Å²) in [6.07, 6.45) is 9.55. The number of thiol groups is 2. The molecule has 0 aromatic carbocycles. The van der Waals surface area contributed by atoms with Crippen molar-refractivity contribution in [1.82, 2.24) is 21.1 Å². The zero-order chi connectivity index (χ0) is 35.1. The third kappa shape index (κ3) is 17.2. The molecule has 46 heavy (non-hydrogen) atoms. The van der Waals surface area contributed by atoms with Gasteiger partial charge in [0.25, 0.3) is 5.91 Å². The van der Waals surface area contributed by atoms with E-state index >= 15 is 0 Å². The summed E-state index contributed by atoms with van der Waals surface area (Å²) < 4.78 is 10.1. The number of carbonyl (C=O) groups excluding carboxylic acids is 4. The maximum absolute atomic E-state index is 13.5. The number of amides is 3. The van der Waals surface area contributed by atoms with E-state index in [0.29, 0.717) is 44.6 Å². The van der Waals surface area contributed by atoms with Gasteiger partial charge in [-0.3, -0.25) is 29.2 Å². The monoisotopic (exact) mass is 685 g/mol. The van der Waals surface area contributed by atoms with Crippen LogP contribution in [-0.4, -0.2) is 90.8 Å². The lowest BCUT2D eigenvalue weighted by Crippen LogP contribution is -2.61. The number of aliphatic hydroxyl groups is 1. The summed E-state index contributed by atoms with van der Waals surface area (Å²) in [4.78, 5) is 55.1. The summed E-state index contributed by atoms with van der Waals surface area (Å²) in [5, 5.41) is 17.6. The number of aliphatic hydroxyl groups excluding tert-OH is 1. The molecule has 1 saturated heterocycles. The first-order chi connectivity index (χ1) is 22.0. The molecule has 0 aromatic rings. The molecular weight excluding hydrogens is 631 g/mol. The molecule has 1 aliphatic heterocycles. The average Bonchev–Trinajstić information content (AvgIpc) is 3.05. The van der Waals surface area contributed by atoms with Crippen molar-refractivity contribution in [2.45, 2.75) is 98.2 Å². The van der Waals surface area contributed by atoms with Gasteiger partial charge in [-0.05, 0) is 50.7 Å². The minimum Gasteiger partial charge on any atom is -0.512 e. The van der Waals surface area contributed by atoms with Crippen molar-refractivity contribution in [3.05, 3.63) is 34.6 Å². The molecule has 3 amide bonds. The minimum atomic E-state index is -0.985. The standard InChI is InChI=1S/C25H40N4O7S.C5H9NS.C2H6/c1-16(2)22(27-21(31)9-11-36-12-13-37)23(32)26-20(15-17-6-4-7-18(30)14-17)24(33)29-10-5-8-19(28-29)25(34)35-3;1-3-5(7)6-4-2;1-2/h6,14,16,19-20,22,28,30,37H,4-5,7-13,15H2,1-3H3,(H,26,32)(H,27,31);3-4,7H,1-2H3;1-2H3/b;5-3+,6-4-;. The van der Waals surface area contributed by atoms with E-state index in [0.717, 1.165) is 10.6 Å². The lowest BCUT2D eigenvalue weighted by Gasteiger charge is -2.35. The first-order valence-electron chi connectivity index (χ1n) is 15.8. The van der Waals surface area contributed by atoms with Crippen LogP contribution in [0.25, 0.3) is 0 Å². The predicted octanol–water partition coefficient (Wildman–Crippen LogP) is 4.06. The molecule has 262 valence electrons. The summed E-state index contributed by atoms with van der Waals surface area (Å²) in [5.41, 5.74) is 3.62. The van der Waals surface area contributed by atoms with Gasteiger partial charge in [0.2, 0.25) is 11.8 Å². The number of allylic oxidation sites excluding steroid dienone is 4. The van der Waals surface area contributed by atoms with Gasteiger partial charge in [-0.15, -0.1) is 12.6 Å². The van der Waals surface area contributed by atoms with Gasteiger partial charge in [0.15, 0.2) is 0 Å². The number of nitrogens with one attached hydrogen (secondary N) is 3. The number of hydrazine groups is 1. The zero-order valence-corrected chi connectivity index (χ0v) is 30.2. The summed E-state index contributed by atoms with van der Waals surface area (Å²) in [5.74, 6) is -1.21. The number of nitrogens with zero attached hydrogens (tertiary/aromatic N) is 2. The highest BCUT2D eigenvalue weighted by Crippen LogP contribution is 2.21. The summed E-state index contributed by atoms with van der Waals surface area (Å²) in [6.45, 7) is 12.4. The van der Waals surface area contributed by atoms with Crippen molar-refractivity contribution in [2.75, 3.05) is 32.6 Å². The number of rotatable bonds is 14. The molecule has 3 unspecified atom stereocenters. The van der Waals surface area contributed by atoms with Gasteiger partial charge < -0.3 is 25.2 Å². The van der Waals surface area contributed by atoms with Crippen LogP contribution in [0.2, 0.25) is 0 Å². The van der Waals surface area contributed by atoms with Crippen molar-refractivity contribution in [3.8, 4) is 0 Å². The molecule has 1 fully saturated rings. The summed E-state index contributed by atoms with van der Waals surface area (Å²) in [6, 6.07) is -2.51. The number of methoxy groups -OCH3 is 1. The number of carbonyl (C=O) groups is 4. The molecule has 12 nitrogen and oxygen atoms in total. The van der Waals surface area contributed by atoms with Gasteiger partial charge >= 0.3 is 5.97 Å². The first kappa shape index (κ1) is 43.2. The average molecular weight is 686 g/mol. The molecule has 0 spiro atoms. The van der Waals surface area contributed by atoms with Gasteiger partial charge in [-0.25, -0.2) is 5.43 Å². The van der Waals surface area contributed by atoms with Crippen LogP contribution in [-0.2, 0) is 28.7 Å². The Morgan fingerprint density at radius 1 is 1.20 bits per heavy atom. The van der Waals surface area contributed by atoms with Crippen molar-refractivity contribution < 1.29 is 33.8 Å². The Morgan fingerprint density at radius 3 is 2.43 bits per heavy atom. The number of aliphatic imine (C=N–C) groups is 1. The molecule has 0 bridgehead atoms. The minimum absolute atomic E-state index is 0.0935. The van der Waals surface area contributed by atoms with Gasteiger partial charge in [-0.2, -0.15) is 12.6 Å². The Labute approximate surface area is 285 Å². The molecule has 0 radical (unpaired) electrons. The summed E-state index contributed by atoms with van der Waals surface area (Å²) >= 11 is 8.03. The molecule has 0 aromatic heterocycles. The fraction of sp³-hybridized carbons (Fsp3) is 0.656. The van der Waals surface area contributed by atoms with Crippen molar-refractivity contribution >= 4 is 55.2 Å². The van der Waals surface area contributed by atoms with Gasteiger partial charge in [0.05, 0.1) is 31.1 Å². The molecule has 1 aliphatic carbocycles. The van der Waals surface area contributed by atoms with E-state index in [1.165, 1.54) is 12.1 Å². The predicted molar refractivity (Wildman–Crippen MR) is 189 cm³/mol. The van der Waals surface area contributed by atoms with Crippen LogP contribution in [0.1, 0.15) is 80.1 Å². The number of ether oxygens (including phenoxy) is 2. The molecule has 0 saturated carbocycles. The van der Waals surface area contributed by atoms with Crippen LogP contribution >= 0.6 is 25.3 Å². The normalized spacial score (nSPS) is 17.7. The van der Waals surface area contributed by atoms with E-state index in [2.05, 4.69) is 46.3 Å². The molecular formula is C32H55N5O7S2. The van der Waals surface area contributed by atoms with E-state index in [4.69, 9.17) is 9.47 Å². The maximum Gasteiger partial charge on any atom is 0.324 e. The van der Waals surface area contributed by atoms with Crippen LogP contribution in [0.15, 0.2) is 39.6 Å². The molecule has 4 N–H and O–H groups in total. The second-order valence-corrected chi connectivity index (χ2v) is 11.4. The van der Waals surface area contributed by atoms with Crippen LogP contribution < -0.4 is 16.1 Å². The lowest BCUT2D eigenvalue weighted by molar-refractivity contribution is -0.151. The molecule has 1 heterocycles. The van der Waals surface area contributed by atoms with E-state index in [-0.39, 0.29) is 37.0 Å². The van der Waals surface area contributed by atoms with Gasteiger partial charge in [-0.1, -0.05) is 39.8 Å². The highest BCUT2D eigenvalue weighted by Gasteiger charge is 2.35. The van der Waals surface area contributed by atoms with E-state index in [1.54, 1.807) is 26.1 Å². The maximum atomic E-state index is 13.5. The molecule has 2 rings (SSSR count). The Morgan fingerprint density at radius 2 is 1.89 bits per heavy atom. The summed E-state index contributed by atoms with van der Waals surface area (Å²) in [7, 11) is 1.29. The topological polar surface area (TPSA) is 159 Å². The Bertz CT molecular complexity index is 1080. The zero-order valence-electron chi connectivity index (χ0n) is 28.4. The second kappa shape index (κ2) is 25.3. The SMILES string of the molecule is C/C=N\C(S)=C/C.CC.COC(=O)C1CCCN(C(=O)C(CC2=CCCC(O)=C2)NC(=O)C(NC(=O)CCOCCS)C(C)C)N1. The Balaban J connectivity index is 0.00000198. The third-order valence-electron chi connectivity index (χ3n) is 6.65. The highest BCUT2D eigenvalue weighted by molar-refractivity contribution is 7.84. The fourth-order valence-electron chi connectivity index (χ4n) is 4.35. The van der Waals surface area contributed by atoms with E-state index < -0.39 is 35.9 Å². The van der Waals surface area contributed by atoms with Crippen LogP contribution in [0.4, 0.5) is 0 Å². The van der Waals surface area contributed by atoms with Gasteiger partial charge in [0.1, 0.15) is 18.1 Å². The quantitative estimate of drug-likeness (QED) is 0.0692. The Kier molecular flexibility index (Phi) is 23.8. The number of hydrogen-bond donors (Lipinski definition) is 6. The van der Waals surface area contributed by atoms with E-state index in [9.17, 15) is 24.3 Å². The van der Waals surface area contributed by atoms with Crippen molar-refractivity contribution in [1.29, 1.82) is 0 Å². The van der Waals surface area contributed by atoms with Crippen LogP contribution in [0.3, 0.4) is 0 Å². The first-order valence-corrected chi connectivity index (χ1v) is 16.9. The molecule has 3 atom stereocenters. The van der Waals surface area contributed by atoms with Crippen LogP contribution in [0.5, 0.6) is 0 Å². The van der Waals surface area contributed by atoms with E-state index in [1.807, 2.05) is 39.8 Å². The third-order valence-corrected chi connectivity index (χ3v) is 7.20.